The minimum absolute atomic E-state index is 0.185. The van der Waals surface area contributed by atoms with E-state index in [0.717, 1.165) is 30.8 Å². The SMILES string of the molecule is Cc1cc(CN2CCCC(C)C2C(=O)O)on1. The number of likely N-dealkylation sites (tertiary alicyclic amines) is 1. The predicted octanol–water partition coefficient (Wildman–Crippen LogP) is 1.67. The van der Waals surface area contributed by atoms with Crippen molar-refractivity contribution >= 4 is 5.97 Å². The molecule has 0 saturated carbocycles. The highest BCUT2D eigenvalue weighted by Crippen LogP contribution is 2.25. The van der Waals surface area contributed by atoms with Crippen LogP contribution in [-0.4, -0.2) is 33.7 Å². The molecule has 1 aromatic rings. The Balaban J connectivity index is 2.09. The minimum atomic E-state index is -0.742. The molecule has 5 heteroatoms. The van der Waals surface area contributed by atoms with Gasteiger partial charge < -0.3 is 9.63 Å². The lowest BCUT2D eigenvalue weighted by Gasteiger charge is -2.36. The van der Waals surface area contributed by atoms with Crippen molar-refractivity contribution in [3.63, 3.8) is 0 Å². The van der Waals surface area contributed by atoms with E-state index in [-0.39, 0.29) is 5.92 Å². The lowest BCUT2D eigenvalue weighted by atomic mass is 9.91. The molecule has 0 aromatic carbocycles. The highest BCUT2D eigenvalue weighted by Gasteiger charge is 2.34. The number of rotatable bonds is 3. The summed E-state index contributed by atoms with van der Waals surface area (Å²) in [5.41, 5.74) is 0.830. The molecule has 17 heavy (non-hydrogen) atoms. The maximum absolute atomic E-state index is 11.3. The molecule has 0 amide bonds. The lowest BCUT2D eigenvalue weighted by Crippen LogP contribution is -2.48. The average Bonchev–Trinajstić information content (AvgIpc) is 2.63. The molecule has 0 spiro atoms. The van der Waals surface area contributed by atoms with Gasteiger partial charge in [0.05, 0.1) is 12.2 Å². The van der Waals surface area contributed by atoms with E-state index >= 15 is 0 Å². The fourth-order valence-corrected chi connectivity index (χ4v) is 2.54. The molecule has 0 aliphatic carbocycles. The summed E-state index contributed by atoms with van der Waals surface area (Å²) in [5.74, 6) is 0.182. The van der Waals surface area contributed by atoms with Gasteiger partial charge >= 0.3 is 5.97 Å². The van der Waals surface area contributed by atoms with E-state index in [1.807, 2.05) is 24.8 Å². The molecule has 2 atom stereocenters. The molecule has 1 aliphatic rings. The molecule has 2 unspecified atom stereocenters. The first-order valence-corrected chi connectivity index (χ1v) is 5.97. The van der Waals surface area contributed by atoms with E-state index < -0.39 is 12.0 Å². The van der Waals surface area contributed by atoms with Gasteiger partial charge in [-0.1, -0.05) is 12.1 Å². The molecule has 1 N–H and O–H groups in total. The van der Waals surface area contributed by atoms with Crippen LogP contribution < -0.4 is 0 Å². The number of aliphatic carboxylic acids is 1. The Morgan fingerprint density at radius 3 is 3.06 bits per heavy atom. The summed E-state index contributed by atoms with van der Waals surface area (Å²) >= 11 is 0. The zero-order valence-corrected chi connectivity index (χ0v) is 10.2. The van der Waals surface area contributed by atoms with Crippen LogP contribution in [0.4, 0.5) is 0 Å². The monoisotopic (exact) mass is 238 g/mol. The third-order valence-corrected chi connectivity index (χ3v) is 3.33. The number of carboxylic acid groups (broad SMARTS) is 1. The van der Waals surface area contributed by atoms with Gasteiger partial charge in [-0.15, -0.1) is 0 Å². The minimum Gasteiger partial charge on any atom is -0.480 e. The van der Waals surface area contributed by atoms with Gasteiger partial charge in [0.25, 0.3) is 0 Å². The van der Waals surface area contributed by atoms with E-state index in [2.05, 4.69) is 5.16 Å². The molecule has 1 saturated heterocycles. The Morgan fingerprint density at radius 1 is 1.71 bits per heavy atom. The lowest BCUT2D eigenvalue weighted by molar-refractivity contribution is -0.147. The number of aryl methyl sites for hydroxylation is 1. The molecule has 2 heterocycles. The highest BCUT2D eigenvalue weighted by atomic mass is 16.5. The van der Waals surface area contributed by atoms with E-state index in [4.69, 9.17) is 4.52 Å². The van der Waals surface area contributed by atoms with Crippen LogP contribution in [0.2, 0.25) is 0 Å². The van der Waals surface area contributed by atoms with E-state index in [1.165, 1.54) is 0 Å². The topological polar surface area (TPSA) is 66.6 Å². The molecule has 1 aromatic heterocycles. The van der Waals surface area contributed by atoms with Gasteiger partial charge in [0.2, 0.25) is 0 Å². The third-order valence-electron chi connectivity index (χ3n) is 3.33. The number of carbonyl (C=O) groups is 1. The number of piperidine rings is 1. The second-order valence-electron chi connectivity index (χ2n) is 4.81. The molecule has 2 rings (SSSR count). The van der Waals surface area contributed by atoms with Crippen molar-refractivity contribution in [3.8, 4) is 0 Å². The first-order chi connectivity index (χ1) is 8.08. The van der Waals surface area contributed by atoms with E-state index in [0.29, 0.717) is 6.54 Å². The Labute approximate surface area is 100 Å². The largest absolute Gasteiger partial charge is 0.480 e. The quantitative estimate of drug-likeness (QED) is 0.867. The van der Waals surface area contributed by atoms with Crippen LogP contribution in [0.15, 0.2) is 10.6 Å². The van der Waals surface area contributed by atoms with Crippen LogP contribution in [0.5, 0.6) is 0 Å². The molecular weight excluding hydrogens is 220 g/mol. The van der Waals surface area contributed by atoms with Crippen LogP contribution >= 0.6 is 0 Å². The summed E-state index contributed by atoms with van der Waals surface area (Å²) in [6.07, 6.45) is 2.01. The zero-order valence-electron chi connectivity index (χ0n) is 10.2. The second kappa shape index (κ2) is 4.87. The molecule has 0 bridgehead atoms. The third kappa shape index (κ3) is 2.66. The fourth-order valence-electron chi connectivity index (χ4n) is 2.54. The second-order valence-corrected chi connectivity index (χ2v) is 4.81. The maximum Gasteiger partial charge on any atom is 0.321 e. The molecule has 0 radical (unpaired) electrons. The Bertz CT molecular complexity index is 402. The van der Waals surface area contributed by atoms with Crippen molar-refractivity contribution in [2.24, 2.45) is 5.92 Å². The molecule has 5 nitrogen and oxygen atoms in total. The standard InChI is InChI=1S/C12H18N2O3/c1-8-4-3-5-14(11(8)12(15)16)7-10-6-9(2)13-17-10/h6,8,11H,3-5,7H2,1-2H3,(H,15,16). The van der Waals surface area contributed by atoms with Gasteiger partial charge in [-0.2, -0.15) is 0 Å². The van der Waals surface area contributed by atoms with Crippen LogP contribution in [0.1, 0.15) is 31.2 Å². The molecule has 1 aliphatic heterocycles. The highest BCUT2D eigenvalue weighted by molar-refractivity contribution is 5.74. The van der Waals surface area contributed by atoms with Crippen LogP contribution in [0.3, 0.4) is 0 Å². The summed E-state index contributed by atoms with van der Waals surface area (Å²) in [7, 11) is 0. The van der Waals surface area contributed by atoms with Gasteiger partial charge in [-0.3, -0.25) is 9.69 Å². The first kappa shape index (κ1) is 12.1. The number of nitrogens with zero attached hydrogens (tertiary/aromatic N) is 2. The van der Waals surface area contributed by atoms with Gasteiger partial charge in [0.1, 0.15) is 6.04 Å². The zero-order chi connectivity index (χ0) is 12.4. The fraction of sp³-hybridized carbons (Fsp3) is 0.667. The van der Waals surface area contributed by atoms with E-state index in [9.17, 15) is 9.90 Å². The Kier molecular flexibility index (Phi) is 3.47. The molecule has 94 valence electrons. The first-order valence-electron chi connectivity index (χ1n) is 5.97. The van der Waals surface area contributed by atoms with Crippen molar-refractivity contribution < 1.29 is 14.4 Å². The summed E-state index contributed by atoms with van der Waals surface area (Å²) < 4.78 is 5.15. The predicted molar refractivity (Wildman–Crippen MR) is 61.5 cm³/mol. The summed E-state index contributed by atoms with van der Waals surface area (Å²) in [5, 5.41) is 13.1. The maximum atomic E-state index is 11.3. The molecule has 1 fully saturated rings. The van der Waals surface area contributed by atoms with Crippen molar-refractivity contribution in [3.05, 3.63) is 17.5 Å². The van der Waals surface area contributed by atoms with Crippen molar-refractivity contribution in [2.45, 2.75) is 39.3 Å². The summed E-state index contributed by atoms with van der Waals surface area (Å²) in [6, 6.07) is 1.45. The Hall–Kier alpha value is -1.36. The number of carboxylic acids is 1. The normalized spacial score (nSPS) is 26.0. The van der Waals surface area contributed by atoms with Gasteiger partial charge in [-0.05, 0) is 32.2 Å². The number of aromatic nitrogens is 1. The molecular formula is C12H18N2O3. The van der Waals surface area contributed by atoms with Crippen molar-refractivity contribution in [1.82, 2.24) is 10.1 Å². The number of hydrogen-bond acceptors (Lipinski definition) is 4. The summed E-state index contributed by atoms with van der Waals surface area (Å²) in [4.78, 5) is 13.3. The Morgan fingerprint density at radius 2 is 2.47 bits per heavy atom. The van der Waals surface area contributed by atoms with Crippen molar-refractivity contribution in [2.75, 3.05) is 6.54 Å². The van der Waals surface area contributed by atoms with Crippen LogP contribution in [0, 0.1) is 12.8 Å². The van der Waals surface area contributed by atoms with Gasteiger partial charge in [0.15, 0.2) is 5.76 Å². The smallest absolute Gasteiger partial charge is 0.321 e. The van der Waals surface area contributed by atoms with Crippen molar-refractivity contribution in [1.29, 1.82) is 0 Å². The van der Waals surface area contributed by atoms with Crippen LogP contribution in [-0.2, 0) is 11.3 Å². The van der Waals surface area contributed by atoms with E-state index in [1.54, 1.807) is 0 Å². The average molecular weight is 238 g/mol. The van der Waals surface area contributed by atoms with Gasteiger partial charge in [0, 0.05) is 6.07 Å². The van der Waals surface area contributed by atoms with Crippen LogP contribution in [0.25, 0.3) is 0 Å². The number of hydrogen-bond donors (Lipinski definition) is 1. The summed E-state index contributed by atoms with van der Waals surface area (Å²) in [6.45, 7) is 5.19. The van der Waals surface area contributed by atoms with Gasteiger partial charge in [-0.25, -0.2) is 0 Å².